The van der Waals surface area contributed by atoms with Gasteiger partial charge in [0.15, 0.2) is 0 Å². The number of benzene rings is 3. The molecule has 3 rings (SSSR count). The lowest BCUT2D eigenvalue weighted by Gasteiger charge is -2.33. The van der Waals surface area contributed by atoms with Crippen molar-refractivity contribution in [1.82, 2.24) is 10.2 Å². The Bertz CT molecular complexity index is 1470. The first kappa shape index (κ1) is 32.0. The Kier molecular flexibility index (Phi) is 11.3. The first-order valence-corrected chi connectivity index (χ1v) is 15.1. The molecule has 220 valence electrons. The minimum atomic E-state index is -4.28. The number of hydrogen-bond acceptors (Lipinski definition) is 6. The molecule has 1 atom stereocenters. The number of ether oxygens (including phenoxy) is 2. The van der Waals surface area contributed by atoms with Crippen LogP contribution in [0.2, 0.25) is 10.0 Å². The summed E-state index contributed by atoms with van der Waals surface area (Å²) >= 11 is 12.5. The summed E-state index contributed by atoms with van der Waals surface area (Å²) in [5, 5.41) is 3.48. The molecule has 0 aliphatic rings. The Balaban J connectivity index is 2.16. The third kappa shape index (κ3) is 7.63. The van der Waals surface area contributed by atoms with Crippen molar-refractivity contribution in [2.24, 2.45) is 0 Å². The predicted molar refractivity (Wildman–Crippen MR) is 160 cm³/mol. The maximum Gasteiger partial charge on any atom is 0.264 e. The molecule has 0 aliphatic carbocycles. The molecule has 0 aromatic heterocycles. The van der Waals surface area contributed by atoms with Gasteiger partial charge in [-0.2, -0.15) is 0 Å². The maximum absolute atomic E-state index is 14.1. The second kappa shape index (κ2) is 14.4. The van der Waals surface area contributed by atoms with Crippen molar-refractivity contribution in [1.29, 1.82) is 0 Å². The monoisotopic (exact) mass is 621 g/mol. The van der Waals surface area contributed by atoms with Crippen LogP contribution >= 0.6 is 23.2 Å². The van der Waals surface area contributed by atoms with E-state index in [1.807, 2.05) is 0 Å². The van der Waals surface area contributed by atoms with E-state index in [4.69, 9.17) is 32.7 Å². The molecule has 3 aromatic rings. The highest BCUT2D eigenvalue weighted by Gasteiger charge is 2.35. The lowest BCUT2D eigenvalue weighted by molar-refractivity contribution is -0.140. The zero-order valence-electron chi connectivity index (χ0n) is 23.3. The second-order valence-electron chi connectivity index (χ2n) is 8.94. The molecule has 1 N–H and O–H groups in total. The van der Waals surface area contributed by atoms with E-state index in [1.54, 1.807) is 62.4 Å². The van der Waals surface area contributed by atoms with Crippen LogP contribution < -0.4 is 19.1 Å². The maximum atomic E-state index is 14.1. The highest BCUT2D eigenvalue weighted by atomic mass is 35.5. The number of rotatable bonds is 13. The van der Waals surface area contributed by atoms with Crippen molar-refractivity contribution in [3.63, 3.8) is 0 Å². The van der Waals surface area contributed by atoms with E-state index < -0.39 is 28.5 Å². The summed E-state index contributed by atoms with van der Waals surface area (Å²) in [5.74, 6) is -0.426. The Labute approximate surface area is 251 Å². The largest absolute Gasteiger partial charge is 0.497 e. The molecule has 0 heterocycles. The highest BCUT2D eigenvalue weighted by Crippen LogP contribution is 2.36. The van der Waals surface area contributed by atoms with Crippen LogP contribution in [0.4, 0.5) is 5.69 Å². The third-order valence-corrected chi connectivity index (χ3v) is 8.72. The Hall–Kier alpha value is -3.47. The average molecular weight is 623 g/mol. The molecule has 0 radical (unpaired) electrons. The molecule has 0 bridgehead atoms. The Morgan fingerprint density at radius 1 is 0.951 bits per heavy atom. The van der Waals surface area contributed by atoms with E-state index in [1.165, 1.54) is 37.3 Å². The third-order valence-electron chi connectivity index (χ3n) is 6.36. The van der Waals surface area contributed by atoms with Gasteiger partial charge in [0.05, 0.1) is 24.8 Å². The van der Waals surface area contributed by atoms with Gasteiger partial charge in [0.1, 0.15) is 24.1 Å². The summed E-state index contributed by atoms with van der Waals surface area (Å²) in [6, 6.07) is 16.3. The number of halogens is 2. The summed E-state index contributed by atoms with van der Waals surface area (Å²) in [4.78, 5) is 28.5. The van der Waals surface area contributed by atoms with E-state index >= 15 is 0 Å². The molecule has 9 nitrogen and oxygen atoms in total. The number of nitrogens with zero attached hydrogens (tertiary/aromatic N) is 2. The number of nitrogens with one attached hydrogen (secondary N) is 1. The SMILES string of the molecule is CCNC(=O)[C@@H](CC)N(Cc1ccc(Cl)cc1Cl)C(=O)CN(c1cc(OC)ccc1OC)S(=O)(=O)c1ccccc1. The second-order valence-corrected chi connectivity index (χ2v) is 11.6. The fourth-order valence-electron chi connectivity index (χ4n) is 4.27. The van der Waals surface area contributed by atoms with E-state index in [9.17, 15) is 18.0 Å². The van der Waals surface area contributed by atoms with Gasteiger partial charge in [-0.05, 0) is 55.3 Å². The number of likely N-dealkylation sites (N-methyl/N-ethyl adjacent to an activating group) is 1. The van der Waals surface area contributed by atoms with Crippen molar-refractivity contribution in [2.75, 3.05) is 31.6 Å². The minimum Gasteiger partial charge on any atom is -0.497 e. The predicted octanol–water partition coefficient (Wildman–Crippen LogP) is 5.15. The number of hydrogen-bond donors (Lipinski definition) is 1. The molecule has 0 fully saturated rings. The number of methoxy groups -OCH3 is 2. The number of anilines is 1. The fourth-order valence-corrected chi connectivity index (χ4v) is 6.18. The zero-order chi connectivity index (χ0) is 30.2. The lowest BCUT2D eigenvalue weighted by atomic mass is 10.1. The van der Waals surface area contributed by atoms with Gasteiger partial charge in [-0.25, -0.2) is 8.42 Å². The summed E-state index contributed by atoms with van der Waals surface area (Å²) in [5.41, 5.74) is 0.642. The fraction of sp³-hybridized carbons (Fsp3) is 0.310. The normalized spacial score (nSPS) is 11.9. The smallest absolute Gasteiger partial charge is 0.264 e. The van der Waals surface area contributed by atoms with Gasteiger partial charge in [-0.3, -0.25) is 13.9 Å². The first-order chi connectivity index (χ1) is 19.6. The van der Waals surface area contributed by atoms with E-state index in [-0.39, 0.29) is 35.2 Å². The van der Waals surface area contributed by atoms with Crippen LogP contribution in [0.25, 0.3) is 0 Å². The summed E-state index contributed by atoms with van der Waals surface area (Å²) in [6.07, 6.45) is 0.275. The van der Waals surface area contributed by atoms with Crippen LogP contribution in [0.5, 0.6) is 11.5 Å². The van der Waals surface area contributed by atoms with Crippen LogP contribution in [-0.2, 0) is 26.2 Å². The molecule has 0 unspecified atom stereocenters. The van der Waals surface area contributed by atoms with E-state index in [0.717, 1.165) is 4.31 Å². The summed E-state index contributed by atoms with van der Waals surface area (Å²) in [6.45, 7) is 3.21. The van der Waals surface area contributed by atoms with E-state index in [0.29, 0.717) is 27.9 Å². The van der Waals surface area contributed by atoms with E-state index in [2.05, 4.69) is 5.32 Å². The van der Waals surface area contributed by atoms with Gasteiger partial charge in [0, 0.05) is 29.2 Å². The van der Waals surface area contributed by atoms with Gasteiger partial charge < -0.3 is 19.7 Å². The van der Waals surface area contributed by atoms with Crippen molar-refractivity contribution in [2.45, 2.75) is 37.8 Å². The van der Waals surface area contributed by atoms with Gasteiger partial charge >= 0.3 is 0 Å². The minimum absolute atomic E-state index is 0.0271. The molecule has 0 saturated heterocycles. The zero-order valence-corrected chi connectivity index (χ0v) is 25.6. The topological polar surface area (TPSA) is 105 Å². The average Bonchev–Trinajstić information content (AvgIpc) is 2.96. The van der Waals surface area contributed by atoms with Gasteiger partial charge in [0.2, 0.25) is 11.8 Å². The molecule has 0 aliphatic heterocycles. The van der Waals surface area contributed by atoms with Crippen LogP contribution in [-0.4, -0.2) is 58.5 Å². The Morgan fingerprint density at radius 3 is 2.24 bits per heavy atom. The number of sulfonamides is 1. The summed E-state index contributed by atoms with van der Waals surface area (Å²) in [7, 11) is -1.44. The molecule has 41 heavy (non-hydrogen) atoms. The standard InChI is InChI=1S/C29H33Cl2N3O6S/c1-5-25(29(36)32-6-2)33(18-20-12-13-21(30)16-24(20)31)28(35)19-34(41(37,38)23-10-8-7-9-11-23)26-17-22(39-3)14-15-27(26)40-4/h7-17,25H,5-6,18-19H2,1-4H3,(H,32,36)/t25-/m1/s1. The van der Waals surface area contributed by atoms with Crippen molar-refractivity contribution < 1.29 is 27.5 Å². The molecular weight excluding hydrogens is 589 g/mol. The van der Waals surface area contributed by atoms with Gasteiger partial charge in [-0.15, -0.1) is 0 Å². The molecule has 2 amide bonds. The highest BCUT2D eigenvalue weighted by molar-refractivity contribution is 7.92. The quantitative estimate of drug-likeness (QED) is 0.283. The van der Waals surface area contributed by atoms with Gasteiger partial charge in [0.25, 0.3) is 10.0 Å². The number of carbonyl (C=O) groups is 2. The van der Waals surface area contributed by atoms with Crippen molar-refractivity contribution >= 4 is 50.7 Å². The van der Waals surface area contributed by atoms with Crippen LogP contribution in [0, 0.1) is 0 Å². The first-order valence-electron chi connectivity index (χ1n) is 12.9. The molecule has 0 spiro atoms. The van der Waals surface area contributed by atoms with Crippen molar-refractivity contribution in [3.8, 4) is 11.5 Å². The molecule has 3 aromatic carbocycles. The molecule has 12 heteroatoms. The molecular formula is C29H33Cl2N3O6S. The number of carbonyl (C=O) groups excluding carboxylic acids is 2. The van der Waals surface area contributed by atoms with Crippen molar-refractivity contribution in [3.05, 3.63) is 82.3 Å². The molecule has 0 saturated carbocycles. The van der Waals surface area contributed by atoms with Crippen LogP contribution in [0.15, 0.2) is 71.6 Å². The number of amides is 2. The van der Waals surface area contributed by atoms with Gasteiger partial charge in [-0.1, -0.05) is 54.4 Å². The summed E-state index contributed by atoms with van der Waals surface area (Å²) < 4.78 is 39.8. The van der Waals surface area contributed by atoms with Crippen LogP contribution in [0.1, 0.15) is 25.8 Å². The Morgan fingerprint density at radius 2 is 1.66 bits per heavy atom. The van der Waals surface area contributed by atoms with Crippen LogP contribution in [0.3, 0.4) is 0 Å². The lowest BCUT2D eigenvalue weighted by Crippen LogP contribution is -2.52.